The van der Waals surface area contributed by atoms with Crippen LogP contribution in [0.25, 0.3) is 0 Å². The molecule has 0 radical (unpaired) electrons. The molecule has 2 nitrogen and oxygen atoms in total. The van der Waals surface area contributed by atoms with Gasteiger partial charge in [0.15, 0.2) is 0 Å². The van der Waals surface area contributed by atoms with E-state index in [9.17, 15) is 8.78 Å². The molecule has 0 amide bonds. The molecule has 0 saturated heterocycles. The van der Waals surface area contributed by atoms with Crippen molar-refractivity contribution in [2.24, 2.45) is 0 Å². The third-order valence-corrected chi connectivity index (χ3v) is 2.42. The molecule has 0 heterocycles. The van der Waals surface area contributed by atoms with Gasteiger partial charge in [0.25, 0.3) is 0 Å². The van der Waals surface area contributed by atoms with Crippen molar-refractivity contribution in [1.82, 2.24) is 0 Å². The number of halogens is 3. The van der Waals surface area contributed by atoms with E-state index in [1.807, 2.05) is 0 Å². The van der Waals surface area contributed by atoms with Crippen LogP contribution in [0, 0.1) is 11.6 Å². The molecule has 3 N–H and O–H groups in total. The van der Waals surface area contributed by atoms with Gasteiger partial charge in [-0.05, 0) is 36.4 Å². The van der Waals surface area contributed by atoms with E-state index in [0.717, 1.165) is 0 Å². The Morgan fingerprint density at radius 3 is 2.41 bits per heavy atom. The molecule has 2 aromatic carbocycles. The van der Waals surface area contributed by atoms with Crippen LogP contribution in [0.15, 0.2) is 36.4 Å². The fraction of sp³-hybridized carbons (Fsp3) is 0. The summed E-state index contributed by atoms with van der Waals surface area (Å²) in [6.45, 7) is 0. The molecule has 2 rings (SSSR count). The van der Waals surface area contributed by atoms with Crippen molar-refractivity contribution in [3.63, 3.8) is 0 Å². The van der Waals surface area contributed by atoms with Crippen LogP contribution in [0.1, 0.15) is 0 Å². The van der Waals surface area contributed by atoms with E-state index in [2.05, 4.69) is 5.32 Å². The van der Waals surface area contributed by atoms with Crippen molar-refractivity contribution >= 4 is 28.7 Å². The smallest absolute Gasteiger partial charge is 0.141 e. The number of rotatable bonds is 2. The summed E-state index contributed by atoms with van der Waals surface area (Å²) < 4.78 is 26.0. The highest BCUT2D eigenvalue weighted by Crippen LogP contribution is 2.24. The summed E-state index contributed by atoms with van der Waals surface area (Å²) in [5, 5.41) is 2.88. The Labute approximate surface area is 102 Å². The van der Waals surface area contributed by atoms with E-state index in [1.165, 1.54) is 30.3 Å². The molecule has 0 aliphatic rings. The van der Waals surface area contributed by atoms with Crippen LogP contribution in [0.2, 0.25) is 5.02 Å². The predicted molar refractivity (Wildman–Crippen MR) is 65.5 cm³/mol. The summed E-state index contributed by atoms with van der Waals surface area (Å²) >= 11 is 5.63. The van der Waals surface area contributed by atoms with Crippen LogP contribution in [0.3, 0.4) is 0 Å². The van der Waals surface area contributed by atoms with Crippen LogP contribution in [-0.2, 0) is 0 Å². The molecule has 0 aliphatic heterocycles. The Balaban J connectivity index is 2.28. The summed E-state index contributed by atoms with van der Waals surface area (Å²) in [5.41, 5.74) is 6.84. The highest BCUT2D eigenvalue weighted by atomic mass is 35.5. The van der Waals surface area contributed by atoms with Crippen molar-refractivity contribution in [1.29, 1.82) is 0 Å². The average molecular weight is 255 g/mol. The van der Waals surface area contributed by atoms with Crippen molar-refractivity contribution in [3.05, 3.63) is 53.1 Å². The lowest BCUT2D eigenvalue weighted by molar-refractivity contribution is 0.628. The summed E-state index contributed by atoms with van der Waals surface area (Å²) in [5.74, 6) is -0.948. The van der Waals surface area contributed by atoms with E-state index < -0.39 is 11.6 Å². The summed E-state index contributed by atoms with van der Waals surface area (Å²) in [4.78, 5) is 0. The van der Waals surface area contributed by atoms with Gasteiger partial charge in [0, 0.05) is 17.1 Å². The molecule has 88 valence electrons. The van der Waals surface area contributed by atoms with Gasteiger partial charge in [0.1, 0.15) is 11.6 Å². The SMILES string of the molecule is Nc1cc(F)cc(Nc2ccc(F)c(Cl)c2)c1. The Hall–Kier alpha value is -1.81. The molecule has 0 aliphatic carbocycles. The van der Waals surface area contributed by atoms with Crippen molar-refractivity contribution in [2.45, 2.75) is 0 Å². The molecule has 0 saturated carbocycles. The lowest BCUT2D eigenvalue weighted by Gasteiger charge is -2.08. The molecule has 0 unspecified atom stereocenters. The second kappa shape index (κ2) is 4.59. The molecule has 2 aromatic rings. The summed E-state index contributed by atoms with van der Waals surface area (Å²) in [7, 11) is 0. The predicted octanol–water partition coefficient (Wildman–Crippen LogP) is 3.94. The monoisotopic (exact) mass is 254 g/mol. The maximum atomic E-state index is 13.1. The van der Waals surface area contributed by atoms with E-state index in [1.54, 1.807) is 6.07 Å². The molecule has 0 atom stereocenters. The lowest BCUT2D eigenvalue weighted by atomic mass is 10.2. The van der Waals surface area contributed by atoms with Gasteiger partial charge in [-0.1, -0.05) is 11.6 Å². The molecule has 0 spiro atoms. The fourth-order valence-electron chi connectivity index (χ4n) is 1.43. The van der Waals surface area contributed by atoms with Crippen molar-refractivity contribution < 1.29 is 8.78 Å². The van der Waals surface area contributed by atoms with Crippen LogP contribution >= 0.6 is 11.6 Å². The van der Waals surface area contributed by atoms with Crippen LogP contribution in [0.4, 0.5) is 25.8 Å². The Bertz CT molecular complexity index is 538. The van der Waals surface area contributed by atoms with Crippen LogP contribution in [-0.4, -0.2) is 0 Å². The van der Waals surface area contributed by atoms with Gasteiger partial charge in [-0.15, -0.1) is 0 Å². The maximum absolute atomic E-state index is 13.1. The first-order valence-corrected chi connectivity index (χ1v) is 5.20. The highest BCUT2D eigenvalue weighted by molar-refractivity contribution is 6.31. The van der Waals surface area contributed by atoms with Crippen molar-refractivity contribution in [2.75, 3.05) is 11.1 Å². The fourth-order valence-corrected chi connectivity index (χ4v) is 1.61. The van der Waals surface area contributed by atoms with Gasteiger partial charge >= 0.3 is 0 Å². The molecule has 17 heavy (non-hydrogen) atoms. The zero-order chi connectivity index (χ0) is 12.4. The minimum absolute atomic E-state index is 0.000579. The summed E-state index contributed by atoms with van der Waals surface area (Å²) in [6, 6.07) is 8.21. The van der Waals surface area contributed by atoms with Gasteiger partial charge < -0.3 is 11.1 Å². The molecular formula is C12H9ClF2N2. The number of nitrogens with one attached hydrogen (secondary N) is 1. The number of anilines is 3. The molecule has 0 aromatic heterocycles. The average Bonchev–Trinajstić information content (AvgIpc) is 2.22. The standard InChI is InChI=1S/C12H9ClF2N2/c13-11-6-9(1-2-12(11)15)17-10-4-7(14)3-8(16)5-10/h1-6,17H,16H2. The Morgan fingerprint density at radius 1 is 1.00 bits per heavy atom. The molecule has 0 fully saturated rings. The Morgan fingerprint density at radius 2 is 1.76 bits per heavy atom. The largest absolute Gasteiger partial charge is 0.399 e. The topological polar surface area (TPSA) is 38.0 Å². The van der Waals surface area contributed by atoms with E-state index in [0.29, 0.717) is 17.1 Å². The van der Waals surface area contributed by atoms with Crippen LogP contribution < -0.4 is 11.1 Å². The second-order valence-electron chi connectivity index (χ2n) is 3.53. The number of hydrogen-bond donors (Lipinski definition) is 2. The minimum atomic E-state index is -0.504. The number of nitrogens with two attached hydrogens (primary N) is 1. The number of nitrogen functional groups attached to an aromatic ring is 1. The third-order valence-electron chi connectivity index (χ3n) is 2.13. The van der Waals surface area contributed by atoms with E-state index in [4.69, 9.17) is 17.3 Å². The maximum Gasteiger partial charge on any atom is 0.141 e. The first-order chi connectivity index (χ1) is 8.04. The summed E-state index contributed by atoms with van der Waals surface area (Å²) in [6.07, 6.45) is 0. The quantitative estimate of drug-likeness (QED) is 0.797. The normalized spacial score (nSPS) is 10.3. The van der Waals surface area contributed by atoms with Gasteiger partial charge in [-0.25, -0.2) is 8.78 Å². The molecular weight excluding hydrogens is 246 g/mol. The highest BCUT2D eigenvalue weighted by Gasteiger charge is 2.03. The third kappa shape index (κ3) is 2.85. The van der Waals surface area contributed by atoms with E-state index in [-0.39, 0.29) is 5.02 Å². The zero-order valence-electron chi connectivity index (χ0n) is 8.68. The first-order valence-electron chi connectivity index (χ1n) is 4.83. The molecule has 0 bridgehead atoms. The van der Waals surface area contributed by atoms with Gasteiger partial charge in [0.05, 0.1) is 5.02 Å². The van der Waals surface area contributed by atoms with Gasteiger partial charge in [0.2, 0.25) is 0 Å². The number of hydrogen-bond acceptors (Lipinski definition) is 2. The van der Waals surface area contributed by atoms with E-state index >= 15 is 0 Å². The zero-order valence-corrected chi connectivity index (χ0v) is 9.43. The first kappa shape index (κ1) is 11.7. The second-order valence-corrected chi connectivity index (χ2v) is 3.93. The molecule has 5 heteroatoms. The minimum Gasteiger partial charge on any atom is -0.399 e. The van der Waals surface area contributed by atoms with Crippen LogP contribution in [0.5, 0.6) is 0 Å². The van der Waals surface area contributed by atoms with Gasteiger partial charge in [-0.2, -0.15) is 0 Å². The number of benzene rings is 2. The van der Waals surface area contributed by atoms with Gasteiger partial charge in [-0.3, -0.25) is 0 Å². The Kier molecular flexibility index (Phi) is 3.15. The lowest BCUT2D eigenvalue weighted by Crippen LogP contribution is -1.94. The van der Waals surface area contributed by atoms with Crippen molar-refractivity contribution in [3.8, 4) is 0 Å².